The van der Waals surface area contributed by atoms with E-state index in [-0.39, 0.29) is 12.1 Å². The lowest BCUT2D eigenvalue weighted by Crippen LogP contribution is -2.50. The number of hydrogen-bond acceptors (Lipinski definition) is 4. The lowest BCUT2D eigenvalue weighted by Gasteiger charge is -2.39. The number of hydrogen-bond donors (Lipinski definition) is 1. The molecule has 1 fully saturated rings. The van der Waals surface area contributed by atoms with E-state index < -0.39 is 0 Å². The van der Waals surface area contributed by atoms with Gasteiger partial charge in [-0.15, -0.1) is 0 Å². The molecule has 5 heteroatoms. The van der Waals surface area contributed by atoms with E-state index >= 15 is 0 Å². The van der Waals surface area contributed by atoms with E-state index in [0.717, 1.165) is 38.6 Å². The zero-order valence-electron chi connectivity index (χ0n) is 13.2. The lowest BCUT2D eigenvalue weighted by atomic mass is 10.1. The molecule has 0 aromatic carbocycles. The van der Waals surface area contributed by atoms with Crippen molar-refractivity contribution >= 4 is 0 Å². The Morgan fingerprint density at radius 3 is 2.90 bits per heavy atom. The molecule has 0 bridgehead atoms. The van der Waals surface area contributed by atoms with Crippen LogP contribution in [0.3, 0.4) is 0 Å². The number of imidazole rings is 1. The standard InChI is InChI=1S/C15H28N4O/c1-5-16-14(15-17-7-8-18(15)6-2)13-11-19(12(3)4)9-10-20-13/h7-8,12-14,16H,5-6,9-11H2,1-4H3. The predicted octanol–water partition coefficient (Wildman–Crippen LogP) is 1.66. The van der Waals surface area contributed by atoms with Gasteiger partial charge in [0, 0.05) is 38.1 Å². The number of nitrogens with zero attached hydrogens (tertiary/aromatic N) is 3. The monoisotopic (exact) mass is 280 g/mol. The van der Waals surface area contributed by atoms with Gasteiger partial charge in [0.2, 0.25) is 0 Å². The van der Waals surface area contributed by atoms with Crippen molar-refractivity contribution in [1.29, 1.82) is 0 Å². The van der Waals surface area contributed by atoms with Crippen LogP contribution in [0.2, 0.25) is 0 Å². The SMILES string of the molecule is CCNC(c1nccn1CC)C1CN(C(C)C)CCO1. The number of morpholine rings is 1. The highest BCUT2D eigenvalue weighted by Gasteiger charge is 2.31. The van der Waals surface area contributed by atoms with Gasteiger partial charge in [-0.05, 0) is 27.3 Å². The number of nitrogens with one attached hydrogen (secondary N) is 1. The summed E-state index contributed by atoms with van der Waals surface area (Å²) in [5.74, 6) is 1.09. The zero-order valence-corrected chi connectivity index (χ0v) is 13.2. The molecule has 2 heterocycles. The Morgan fingerprint density at radius 1 is 1.45 bits per heavy atom. The summed E-state index contributed by atoms with van der Waals surface area (Å²) in [4.78, 5) is 7.04. The third-order valence-corrected chi connectivity index (χ3v) is 4.02. The predicted molar refractivity (Wildman–Crippen MR) is 80.8 cm³/mol. The molecule has 2 atom stereocenters. The molecule has 0 spiro atoms. The van der Waals surface area contributed by atoms with Crippen LogP contribution < -0.4 is 5.32 Å². The first-order valence-corrected chi connectivity index (χ1v) is 7.77. The summed E-state index contributed by atoms with van der Waals surface area (Å²) in [6.45, 7) is 13.4. The molecule has 0 amide bonds. The van der Waals surface area contributed by atoms with Crippen molar-refractivity contribution in [3.8, 4) is 0 Å². The molecule has 1 aromatic heterocycles. The van der Waals surface area contributed by atoms with Crippen LogP contribution in [0.1, 0.15) is 39.6 Å². The van der Waals surface area contributed by atoms with Crippen LogP contribution in [-0.4, -0.2) is 52.8 Å². The van der Waals surface area contributed by atoms with Gasteiger partial charge in [-0.1, -0.05) is 6.92 Å². The fourth-order valence-corrected chi connectivity index (χ4v) is 2.84. The molecule has 1 saturated heterocycles. The first-order valence-electron chi connectivity index (χ1n) is 7.77. The van der Waals surface area contributed by atoms with Crippen LogP contribution in [0.5, 0.6) is 0 Å². The maximum atomic E-state index is 6.04. The Balaban J connectivity index is 2.15. The van der Waals surface area contributed by atoms with E-state index in [9.17, 15) is 0 Å². The first kappa shape index (κ1) is 15.5. The quantitative estimate of drug-likeness (QED) is 0.860. The summed E-state index contributed by atoms with van der Waals surface area (Å²) in [6, 6.07) is 0.728. The average molecular weight is 280 g/mol. The van der Waals surface area contributed by atoms with E-state index in [1.807, 2.05) is 12.4 Å². The average Bonchev–Trinajstić information content (AvgIpc) is 2.93. The van der Waals surface area contributed by atoms with Crippen molar-refractivity contribution in [2.45, 2.75) is 52.4 Å². The molecular formula is C15H28N4O. The molecule has 20 heavy (non-hydrogen) atoms. The van der Waals surface area contributed by atoms with Crippen LogP contribution in [-0.2, 0) is 11.3 Å². The van der Waals surface area contributed by atoms with Gasteiger partial charge >= 0.3 is 0 Å². The minimum Gasteiger partial charge on any atom is -0.373 e. The van der Waals surface area contributed by atoms with Gasteiger partial charge in [0.15, 0.2) is 0 Å². The van der Waals surface area contributed by atoms with Gasteiger partial charge in [0.05, 0.1) is 18.8 Å². The molecule has 0 radical (unpaired) electrons. The largest absolute Gasteiger partial charge is 0.373 e. The van der Waals surface area contributed by atoms with Crippen molar-refractivity contribution in [3.05, 3.63) is 18.2 Å². The van der Waals surface area contributed by atoms with E-state index in [0.29, 0.717) is 6.04 Å². The van der Waals surface area contributed by atoms with E-state index in [4.69, 9.17) is 4.74 Å². The molecule has 1 aliphatic rings. The van der Waals surface area contributed by atoms with Gasteiger partial charge in [-0.3, -0.25) is 4.90 Å². The molecule has 5 nitrogen and oxygen atoms in total. The normalized spacial score (nSPS) is 22.4. The molecule has 1 N–H and O–H groups in total. The minimum absolute atomic E-state index is 0.163. The van der Waals surface area contributed by atoms with Crippen LogP contribution in [0.25, 0.3) is 0 Å². The van der Waals surface area contributed by atoms with Crippen LogP contribution in [0.4, 0.5) is 0 Å². The molecule has 0 saturated carbocycles. The molecule has 1 aliphatic heterocycles. The Morgan fingerprint density at radius 2 is 2.25 bits per heavy atom. The third-order valence-electron chi connectivity index (χ3n) is 4.02. The number of rotatable bonds is 6. The van der Waals surface area contributed by atoms with Gasteiger partial charge in [-0.25, -0.2) is 4.98 Å². The van der Waals surface area contributed by atoms with E-state index in [1.165, 1.54) is 0 Å². The maximum Gasteiger partial charge on any atom is 0.128 e. The van der Waals surface area contributed by atoms with Crippen molar-refractivity contribution in [3.63, 3.8) is 0 Å². The van der Waals surface area contributed by atoms with Crippen molar-refractivity contribution < 1.29 is 4.74 Å². The van der Waals surface area contributed by atoms with Crippen LogP contribution in [0.15, 0.2) is 12.4 Å². The summed E-state index contributed by atoms with van der Waals surface area (Å²) in [7, 11) is 0. The Kier molecular flexibility index (Phi) is 5.57. The first-order chi connectivity index (χ1) is 9.67. The highest BCUT2D eigenvalue weighted by atomic mass is 16.5. The van der Waals surface area contributed by atoms with Gasteiger partial charge in [0.25, 0.3) is 0 Å². The van der Waals surface area contributed by atoms with Crippen LogP contribution in [0, 0.1) is 0 Å². The summed E-state index contributed by atoms with van der Waals surface area (Å²) < 4.78 is 8.24. The summed E-state index contributed by atoms with van der Waals surface area (Å²) in [5.41, 5.74) is 0. The second-order valence-corrected chi connectivity index (χ2v) is 5.60. The van der Waals surface area contributed by atoms with E-state index in [2.05, 4.69) is 47.5 Å². The highest BCUT2D eigenvalue weighted by Crippen LogP contribution is 2.22. The molecule has 1 aromatic rings. The lowest BCUT2D eigenvalue weighted by molar-refractivity contribution is -0.0576. The summed E-state index contributed by atoms with van der Waals surface area (Å²) >= 11 is 0. The van der Waals surface area contributed by atoms with E-state index in [1.54, 1.807) is 0 Å². The molecule has 0 aliphatic carbocycles. The molecule has 2 rings (SSSR count). The van der Waals surface area contributed by atoms with Gasteiger partial charge in [-0.2, -0.15) is 0 Å². The number of ether oxygens (including phenoxy) is 1. The fourth-order valence-electron chi connectivity index (χ4n) is 2.84. The zero-order chi connectivity index (χ0) is 14.5. The Labute approximate surface area is 122 Å². The van der Waals surface area contributed by atoms with Crippen molar-refractivity contribution in [1.82, 2.24) is 19.8 Å². The van der Waals surface area contributed by atoms with Crippen LogP contribution >= 0.6 is 0 Å². The molecule has 114 valence electrons. The third kappa shape index (κ3) is 3.40. The Hall–Kier alpha value is -0.910. The number of aromatic nitrogens is 2. The maximum absolute atomic E-state index is 6.04. The molecular weight excluding hydrogens is 252 g/mol. The van der Waals surface area contributed by atoms with Crippen molar-refractivity contribution in [2.24, 2.45) is 0 Å². The Bertz CT molecular complexity index is 404. The minimum atomic E-state index is 0.163. The van der Waals surface area contributed by atoms with Gasteiger partial charge in [0.1, 0.15) is 5.82 Å². The summed E-state index contributed by atoms with van der Waals surface area (Å²) in [6.07, 6.45) is 4.09. The topological polar surface area (TPSA) is 42.3 Å². The summed E-state index contributed by atoms with van der Waals surface area (Å²) in [5, 5.41) is 3.55. The highest BCUT2D eigenvalue weighted by molar-refractivity contribution is 5.04. The fraction of sp³-hybridized carbons (Fsp3) is 0.800. The van der Waals surface area contributed by atoms with Crippen molar-refractivity contribution in [2.75, 3.05) is 26.2 Å². The number of aryl methyl sites for hydroxylation is 1. The second kappa shape index (κ2) is 7.20. The van der Waals surface area contributed by atoms with Gasteiger partial charge < -0.3 is 14.6 Å². The smallest absolute Gasteiger partial charge is 0.128 e. The number of likely N-dealkylation sites (N-methyl/N-ethyl adjacent to an activating group) is 1. The molecule has 2 unspecified atom stereocenters. The second-order valence-electron chi connectivity index (χ2n) is 5.60.